The Kier molecular flexibility index (Phi) is 8.59. The third-order valence-electron chi connectivity index (χ3n) is 6.60. The Balaban J connectivity index is 1.50. The summed E-state index contributed by atoms with van der Waals surface area (Å²) in [5.74, 6) is -1.94. The molecular weight excluding hydrogens is 552 g/mol. The summed E-state index contributed by atoms with van der Waals surface area (Å²) < 4.78 is 11.0. The summed E-state index contributed by atoms with van der Waals surface area (Å²) in [7, 11) is 0. The molecule has 212 valence electrons. The van der Waals surface area contributed by atoms with Gasteiger partial charge in [0.25, 0.3) is 5.91 Å². The highest BCUT2D eigenvalue weighted by Gasteiger charge is 2.45. The first-order valence-corrected chi connectivity index (χ1v) is 14.1. The zero-order valence-electron chi connectivity index (χ0n) is 23.0. The summed E-state index contributed by atoms with van der Waals surface area (Å²) in [6, 6.07) is 24.9. The molecule has 0 spiro atoms. The van der Waals surface area contributed by atoms with Crippen molar-refractivity contribution in [3.63, 3.8) is 0 Å². The standard InChI is InChI=1S/C33H28N2O6S/c1-3-40-32(39)30-21(2)34-33(42-30)35-28(24-15-17-25(18-16-24)41-20-23-12-8-5-9-13-23)27(29(37)31(35)38)26(36)19-14-22-10-6-4-7-11-22/h4-19,28,37H,3,20H2,1-2H3/b19-14+. The van der Waals surface area contributed by atoms with Gasteiger partial charge in [-0.1, -0.05) is 90.2 Å². The van der Waals surface area contributed by atoms with Gasteiger partial charge in [-0.25, -0.2) is 9.78 Å². The van der Waals surface area contributed by atoms with E-state index in [1.807, 2.05) is 60.7 Å². The summed E-state index contributed by atoms with van der Waals surface area (Å²) in [5, 5.41) is 11.2. The summed E-state index contributed by atoms with van der Waals surface area (Å²) in [4.78, 5) is 45.5. The Bertz CT molecular complexity index is 1660. The number of carbonyl (C=O) groups excluding carboxylic acids is 3. The first-order chi connectivity index (χ1) is 20.4. The van der Waals surface area contributed by atoms with Crippen molar-refractivity contribution in [3.05, 3.63) is 130 Å². The fourth-order valence-electron chi connectivity index (χ4n) is 4.55. The largest absolute Gasteiger partial charge is 0.503 e. The van der Waals surface area contributed by atoms with E-state index in [1.165, 1.54) is 11.0 Å². The number of aliphatic hydroxyl groups excluding tert-OH is 1. The predicted molar refractivity (Wildman–Crippen MR) is 160 cm³/mol. The van der Waals surface area contributed by atoms with Crippen LogP contribution in [0.4, 0.5) is 5.13 Å². The van der Waals surface area contributed by atoms with E-state index < -0.39 is 29.5 Å². The molecule has 1 aliphatic heterocycles. The second-order valence-corrected chi connectivity index (χ2v) is 10.4. The van der Waals surface area contributed by atoms with Crippen LogP contribution in [0.2, 0.25) is 0 Å². The number of nitrogens with zero attached hydrogens (tertiary/aromatic N) is 2. The molecule has 0 bridgehead atoms. The van der Waals surface area contributed by atoms with Crippen molar-refractivity contribution in [1.29, 1.82) is 0 Å². The summed E-state index contributed by atoms with van der Waals surface area (Å²) in [6.07, 6.45) is 2.96. The number of anilines is 1. The number of esters is 1. The van der Waals surface area contributed by atoms with Crippen LogP contribution in [-0.2, 0) is 20.9 Å². The number of aliphatic hydroxyl groups is 1. The van der Waals surface area contributed by atoms with E-state index in [0.29, 0.717) is 23.6 Å². The maximum absolute atomic E-state index is 13.5. The second kappa shape index (κ2) is 12.7. The van der Waals surface area contributed by atoms with Gasteiger partial charge in [0.15, 0.2) is 16.7 Å². The molecule has 4 aromatic rings. The number of hydrogen-bond acceptors (Lipinski definition) is 8. The molecule has 1 atom stereocenters. The number of ether oxygens (including phenoxy) is 2. The lowest BCUT2D eigenvalue weighted by molar-refractivity contribution is -0.117. The van der Waals surface area contributed by atoms with E-state index in [2.05, 4.69) is 4.98 Å². The quantitative estimate of drug-likeness (QED) is 0.171. The molecule has 0 aliphatic carbocycles. The molecule has 0 radical (unpaired) electrons. The van der Waals surface area contributed by atoms with Crippen LogP contribution >= 0.6 is 11.3 Å². The van der Waals surface area contributed by atoms with Crippen LogP contribution in [0, 0.1) is 6.92 Å². The molecule has 42 heavy (non-hydrogen) atoms. The highest BCUT2D eigenvalue weighted by molar-refractivity contribution is 7.17. The average Bonchev–Trinajstić information content (AvgIpc) is 3.52. The number of amides is 1. The molecule has 0 saturated heterocycles. The Hall–Kier alpha value is -5.02. The van der Waals surface area contributed by atoms with Gasteiger partial charge >= 0.3 is 5.97 Å². The van der Waals surface area contributed by atoms with Gasteiger partial charge in [-0.15, -0.1) is 0 Å². The van der Waals surface area contributed by atoms with E-state index in [9.17, 15) is 19.5 Å². The van der Waals surface area contributed by atoms with Crippen LogP contribution in [0.3, 0.4) is 0 Å². The fraction of sp³-hybridized carbons (Fsp3) is 0.152. The van der Waals surface area contributed by atoms with Crippen LogP contribution in [0.15, 0.2) is 102 Å². The second-order valence-electron chi connectivity index (χ2n) is 9.42. The third-order valence-corrected chi connectivity index (χ3v) is 7.73. The van der Waals surface area contributed by atoms with Crippen LogP contribution in [0.5, 0.6) is 5.75 Å². The van der Waals surface area contributed by atoms with Crippen LogP contribution in [-0.4, -0.2) is 34.4 Å². The molecule has 0 fully saturated rings. The lowest BCUT2D eigenvalue weighted by Crippen LogP contribution is -2.30. The number of benzene rings is 3. The number of aryl methyl sites for hydroxylation is 1. The van der Waals surface area contributed by atoms with Crippen molar-refractivity contribution >= 4 is 40.2 Å². The number of thiazole rings is 1. The van der Waals surface area contributed by atoms with Crippen LogP contribution in [0.25, 0.3) is 6.08 Å². The van der Waals surface area contributed by atoms with Gasteiger partial charge in [0.05, 0.1) is 23.9 Å². The minimum Gasteiger partial charge on any atom is -0.503 e. The van der Waals surface area contributed by atoms with Gasteiger partial charge in [0, 0.05) is 0 Å². The van der Waals surface area contributed by atoms with E-state index in [-0.39, 0.29) is 22.2 Å². The van der Waals surface area contributed by atoms with Crippen molar-refractivity contribution < 1.29 is 29.0 Å². The third kappa shape index (κ3) is 6.01. The number of rotatable bonds is 10. The minimum atomic E-state index is -0.991. The van der Waals surface area contributed by atoms with Crippen molar-refractivity contribution in [3.8, 4) is 5.75 Å². The maximum atomic E-state index is 13.5. The van der Waals surface area contributed by atoms with Crippen LogP contribution < -0.4 is 9.64 Å². The minimum absolute atomic E-state index is 0.0873. The summed E-state index contributed by atoms with van der Waals surface area (Å²) >= 11 is 0.970. The van der Waals surface area contributed by atoms with Crippen molar-refractivity contribution in [2.75, 3.05) is 11.5 Å². The molecule has 5 rings (SSSR count). The maximum Gasteiger partial charge on any atom is 0.350 e. The smallest absolute Gasteiger partial charge is 0.350 e. The fourth-order valence-corrected chi connectivity index (χ4v) is 5.54. The molecule has 1 N–H and O–H groups in total. The first-order valence-electron chi connectivity index (χ1n) is 13.3. The predicted octanol–water partition coefficient (Wildman–Crippen LogP) is 6.39. The van der Waals surface area contributed by atoms with E-state index in [4.69, 9.17) is 9.47 Å². The topological polar surface area (TPSA) is 106 Å². The van der Waals surface area contributed by atoms with Crippen molar-refractivity contribution in [2.24, 2.45) is 0 Å². The van der Waals surface area contributed by atoms with Gasteiger partial charge in [-0.05, 0) is 48.7 Å². The number of carbonyl (C=O) groups is 3. The molecule has 1 unspecified atom stereocenters. The van der Waals surface area contributed by atoms with E-state index >= 15 is 0 Å². The number of aromatic nitrogens is 1. The van der Waals surface area contributed by atoms with E-state index in [0.717, 1.165) is 22.5 Å². The molecular formula is C33H28N2O6S. The number of allylic oxidation sites excluding steroid dienone is 1. The average molecular weight is 581 g/mol. The Labute approximate surface area is 247 Å². The summed E-state index contributed by atoms with van der Waals surface area (Å²) in [5.41, 5.74) is 2.65. The lowest BCUT2D eigenvalue weighted by Gasteiger charge is -2.24. The van der Waals surface area contributed by atoms with Gasteiger partial charge in [0.1, 0.15) is 17.2 Å². The molecule has 9 heteroatoms. The summed E-state index contributed by atoms with van der Waals surface area (Å²) in [6.45, 7) is 3.90. The molecule has 1 amide bonds. The Morgan fingerprint density at radius 1 is 1.00 bits per heavy atom. The van der Waals surface area contributed by atoms with Gasteiger partial charge in [-0.3, -0.25) is 14.5 Å². The Morgan fingerprint density at radius 3 is 2.33 bits per heavy atom. The van der Waals surface area contributed by atoms with Crippen LogP contribution in [0.1, 0.15) is 45.0 Å². The normalized spacial score (nSPS) is 15.0. The lowest BCUT2D eigenvalue weighted by atomic mass is 9.95. The molecule has 1 aromatic heterocycles. The number of hydrogen-bond donors (Lipinski definition) is 1. The number of ketones is 1. The molecule has 3 aromatic carbocycles. The zero-order chi connectivity index (χ0) is 29.6. The molecule has 1 aliphatic rings. The molecule has 8 nitrogen and oxygen atoms in total. The molecule has 2 heterocycles. The van der Waals surface area contributed by atoms with Gasteiger partial charge in [0.2, 0.25) is 0 Å². The first kappa shape index (κ1) is 28.5. The monoisotopic (exact) mass is 580 g/mol. The highest BCUT2D eigenvalue weighted by atomic mass is 32.1. The van der Waals surface area contributed by atoms with Gasteiger partial charge < -0.3 is 14.6 Å². The van der Waals surface area contributed by atoms with Gasteiger partial charge in [-0.2, -0.15) is 0 Å². The molecule has 0 saturated carbocycles. The van der Waals surface area contributed by atoms with Crippen molar-refractivity contribution in [1.82, 2.24) is 4.98 Å². The zero-order valence-corrected chi connectivity index (χ0v) is 23.8. The SMILES string of the molecule is CCOC(=O)c1sc(N2C(=O)C(O)=C(C(=O)/C=C/c3ccccc3)C2c2ccc(OCc3ccccc3)cc2)nc1C. The van der Waals surface area contributed by atoms with E-state index in [1.54, 1.807) is 44.2 Å². The van der Waals surface area contributed by atoms with Crippen molar-refractivity contribution in [2.45, 2.75) is 26.5 Å². The Morgan fingerprint density at radius 2 is 1.67 bits per heavy atom. The highest BCUT2D eigenvalue weighted by Crippen LogP contribution is 2.43.